The summed E-state index contributed by atoms with van der Waals surface area (Å²) in [5.41, 5.74) is 7.98. The first-order valence-electron chi connectivity index (χ1n) is 6.10. The summed E-state index contributed by atoms with van der Waals surface area (Å²) in [7, 11) is 0. The number of carbonyl (C=O) groups excluding carboxylic acids is 1. The molecule has 1 aromatic carbocycles. The molecule has 98 valence electrons. The predicted molar refractivity (Wildman–Crippen MR) is 72.6 cm³/mol. The van der Waals surface area contributed by atoms with E-state index >= 15 is 0 Å². The fraction of sp³-hybridized carbons (Fsp3) is 0.286. The van der Waals surface area contributed by atoms with Gasteiger partial charge in [0.15, 0.2) is 0 Å². The minimum atomic E-state index is -1.11. The van der Waals surface area contributed by atoms with Gasteiger partial charge in [0.25, 0.3) is 5.91 Å². The number of hydrogen-bond donors (Lipinski definition) is 3. The number of aromatic nitrogens is 1. The molecule has 0 bridgehead atoms. The lowest BCUT2D eigenvalue weighted by Gasteiger charge is -2.19. The number of hydrogen-bond acceptors (Lipinski definition) is 4. The van der Waals surface area contributed by atoms with Crippen LogP contribution in [0.1, 0.15) is 35.5 Å². The first-order valence-corrected chi connectivity index (χ1v) is 6.10. The Morgan fingerprint density at radius 3 is 2.79 bits per heavy atom. The molecule has 0 aliphatic carbocycles. The number of carbonyl (C=O) groups is 1. The minimum absolute atomic E-state index is 0.0830. The second-order valence-electron chi connectivity index (χ2n) is 5.37. The molecule has 0 radical (unpaired) electrons. The molecule has 0 unspecified atom stereocenters. The van der Waals surface area contributed by atoms with E-state index in [1.54, 1.807) is 26.0 Å². The number of nitrogens with zero attached hydrogens (tertiary/aromatic N) is 1. The maximum Gasteiger partial charge on any atom is 0.251 e. The molecule has 4 N–H and O–H groups in total. The molecule has 2 aromatic rings. The normalized spacial score (nSPS) is 14.6. The summed E-state index contributed by atoms with van der Waals surface area (Å²) in [6.45, 7) is 3.81. The van der Waals surface area contributed by atoms with Gasteiger partial charge in [-0.25, -0.2) is 4.98 Å². The van der Waals surface area contributed by atoms with Gasteiger partial charge in [-0.05, 0) is 37.6 Å². The molecule has 2 heterocycles. The Morgan fingerprint density at radius 2 is 2.11 bits per heavy atom. The third-order valence-electron chi connectivity index (χ3n) is 3.33. The average molecular weight is 257 g/mol. The third kappa shape index (κ3) is 1.82. The summed E-state index contributed by atoms with van der Waals surface area (Å²) in [6.07, 6.45) is 0. The van der Waals surface area contributed by atoms with Crippen LogP contribution in [0.5, 0.6) is 0 Å². The molecule has 0 spiro atoms. The first-order chi connectivity index (χ1) is 8.86. The summed E-state index contributed by atoms with van der Waals surface area (Å²) in [5, 5.41) is 13.7. The van der Waals surface area contributed by atoms with Crippen LogP contribution >= 0.6 is 0 Å². The van der Waals surface area contributed by atoms with E-state index in [-0.39, 0.29) is 5.91 Å². The topological polar surface area (TPSA) is 88.2 Å². The van der Waals surface area contributed by atoms with Crippen LogP contribution in [0.2, 0.25) is 0 Å². The van der Waals surface area contributed by atoms with Gasteiger partial charge in [-0.15, -0.1) is 0 Å². The molecule has 1 amide bonds. The number of aliphatic hydroxyl groups is 1. The number of rotatable bonds is 1. The number of benzene rings is 1. The lowest BCUT2D eigenvalue weighted by molar-refractivity contribution is 0.0751. The molecule has 1 aliphatic heterocycles. The van der Waals surface area contributed by atoms with E-state index in [1.807, 2.05) is 6.07 Å². The Bertz CT molecular complexity index is 702. The zero-order valence-electron chi connectivity index (χ0n) is 10.8. The number of nitrogens with two attached hydrogens (primary N) is 1. The van der Waals surface area contributed by atoms with Crippen molar-refractivity contribution in [3.8, 4) is 0 Å². The van der Waals surface area contributed by atoms with Crippen molar-refractivity contribution in [2.24, 2.45) is 0 Å². The zero-order valence-corrected chi connectivity index (χ0v) is 10.8. The van der Waals surface area contributed by atoms with Gasteiger partial charge in [-0.1, -0.05) is 0 Å². The van der Waals surface area contributed by atoms with Crippen LogP contribution in [0.3, 0.4) is 0 Å². The molecule has 1 aliphatic rings. The number of pyridine rings is 1. The minimum Gasteiger partial charge on any atom is -0.397 e. The van der Waals surface area contributed by atoms with Gasteiger partial charge < -0.3 is 16.2 Å². The first kappa shape index (κ1) is 11.9. The van der Waals surface area contributed by atoms with Crippen LogP contribution in [-0.4, -0.2) is 16.0 Å². The van der Waals surface area contributed by atoms with Crippen LogP contribution in [0.25, 0.3) is 10.9 Å². The van der Waals surface area contributed by atoms with Crippen LogP contribution in [-0.2, 0) is 12.1 Å². The van der Waals surface area contributed by atoms with Crippen molar-refractivity contribution in [3.63, 3.8) is 0 Å². The van der Waals surface area contributed by atoms with Crippen LogP contribution < -0.4 is 11.1 Å². The molecular weight excluding hydrogens is 242 g/mol. The molecule has 5 nitrogen and oxygen atoms in total. The highest BCUT2D eigenvalue weighted by Crippen LogP contribution is 2.29. The average Bonchev–Trinajstić information content (AvgIpc) is 2.66. The van der Waals surface area contributed by atoms with E-state index in [2.05, 4.69) is 10.3 Å². The van der Waals surface area contributed by atoms with Crippen molar-refractivity contribution >= 4 is 22.5 Å². The van der Waals surface area contributed by atoms with Crippen LogP contribution in [0.15, 0.2) is 18.2 Å². The van der Waals surface area contributed by atoms with Gasteiger partial charge in [-0.3, -0.25) is 4.79 Å². The maximum atomic E-state index is 11.6. The Hall–Kier alpha value is -2.14. The number of nitrogens with one attached hydrogen (secondary N) is 1. The standard InChI is InChI=1S/C14H15N3O2/c1-14(2,19)12-10(15)4-7-3-8-6-16-13(18)9(8)5-11(7)17-12/h3-5,19H,6,15H2,1-2H3,(H,16,18). The van der Waals surface area contributed by atoms with Crippen molar-refractivity contribution in [1.29, 1.82) is 0 Å². The Morgan fingerprint density at radius 1 is 1.37 bits per heavy atom. The molecule has 3 rings (SSSR count). The Labute approximate surface area is 110 Å². The summed E-state index contributed by atoms with van der Waals surface area (Å²) >= 11 is 0. The van der Waals surface area contributed by atoms with E-state index in [9.17, 15) is 9.90 Å². The van der Waals surface area contributed by atoms with Crippen LogP contribution in [0, 0.1) is 0 Å². The smallest absolute Gasteiger partial charge is 0.251 e. The van der Waals surface area contributed by atoms with Crippen molar-refractivity contribution in [1.82, 2.24) is 10.3 Å². The summed E-state index contributed by atoms with van der Waals surface area (Å²) in [6, 6.07) is 5.46. The Kier molecular flexibility index (Phi) is 2.31. The monoisotopic (exact) mass is 257 g/mol. The third-order valence-corrected chi connectivity index (χ3v) is 3.33. The SMILES string of the molecule is CC(C)(O)c1nc2cc3c(cc2cc1N)CNC3=O. The lowest BCUT2D eigenvalue weighted by atomic mass is 9.99. The largest absolute Gasteiger partial charge is 0.397 e. The highest BCUT2D eigenvalue weighted by Gasteiger charge is 2.24. The van der Waals surface area contributed by atoms with Gasteiger partial charge >= 0.3 is 0 Å². The highest BCUT2D eigenvalue weighted by molar-refractivity contribution is 6.02. The second kappa shape index (κ2) is 3.68. The lowest BCUT2D eigenvalue weighted by Crippen LogP contribution is -2.19. The number of nitrogen functional groups attached to an aromatic ring is 1. The molecule has 0 saturated heterocycles. The van der Waals surface area contributed by atoms with Crippen molar-refractivity contribution in [2.75, 3.05) is 5.73 Å². The second-order valence-corrected chi connectivity index (χ2v) is 5.37. The molecule has 1 aromatic heterocycles. The fourth-order valence-electron chi connectivity index (χ4n) is 2.40. The van der Waals surface area contributed by atoms with E-state index < -0.39 is 5.60 Å². The molecule has 5 heteroatoms. The molecule has 19 heavy (non-hydrogen) atoms. The number of anilines is 1. The van der Waals surface area contributed by atoms with Crippen molar-refractivity contribution < 1.29 is 9.90 Å². The van der Waals surface area contributed by atoms with Gasteiger partial charge in [0.1, 0.15) is 5.60 Å². The van der Waals surface area contributed by atoms with Gasteiger partial charge in [0, 0.05) is 17.5 Å². The van der Waals surface area contributed by atoms with Crippen LogP contribution in [0.4, 0.5) is 5.69 Å². The maximum absolute atomic E-state index is 11.6. The quantitative estimate of drug-likeness (QED) is 0.718. The van der Waals surface area contributed by atoms with E-state index in [4.69, 9.17) is 5.73 Å². The van der Waals surface area contributed by atoms with Gasteiger partial charge in [0.2, 0.25) is 0 Å². The highest BCUT2D eigenvalue weighted by atomic mass is 16.3. The molecule has 0 atom stereocenters. The fourth-order valence-corrected chi connectivity index (χ4v) is 2.40. The van der Waals surface area contributed by atoms with E-state index in [0.717, 1.165) is 10.9 Å². The van der Waals surface area contributed by atoms with E-state index in [1.165, 1.54) is 0 Å². The van der Waals surface area contributed by atoms with Crippen molar-refractivity contribution in [3.05, 3.63) is 35.0 Å². The predicted octanol–water partition coefficient (Wildman–Crippen LogP) is 1.29. The van der Waals surface area contributed by atoms with Gasteiger partial charge in [-0.2, -0.15) is 0 Å². The summed E-state index contributed by atoms with van der Waals surface area (Å²) in [5.74, 6) is -0.0830. The van der Waals surface area contributed by atoms with Crippen molar-refractivity contribution in [2.45, 2.75) is 26.0 Å². The summed E-state index contributed by atoms with van der Waals surface area (Å²) < 4.78 is 0. The Balaban J connectivity index is 2.29. The summed E-state index contributed by atoms with van der Waals surface area (Å²) in [4.78, 5) is 16.0. The number of amides is 1. The van der Waals surface area contributed by atoms with Gasteiger partial charge in [0.05, 0.1) is 16.9 Å². The zero-order chi connectivity index (χ0) is 13.8. The van der Waals surface area contributed by atoms with E-state index in [0.29, 0.717) is 29.0 Å². The molecule has 0 fully saturated rings. The molecular formula is C14H15N3O2. The molecule has 0 saturated carbocycles. The number of fused-ring (bicyclic) bond motifs is 2.